The number of rotatable bonds is 6. The Bertz CT molecular complexity index is 408. The minimum atomic E-state index is 0.478. The standard InChI is InChI=1S/C15H19NS/c1-13(15-10-6-12-17-15)16-11-5-9-14-7-3-2-4-8-14/h2-4,6-8,10,12-13,16H,5,9,11H2,1H3. The largest absolute Gasteiger partial charge is 0.309 e. The molecule has 0 spiro atoms. The van der Waals surface area contributed by atoms with Gasteiger partial charge >= 0.3 is 0 Å². The van der Waals surface area contributed by atoms with E-state index in [1.165, 1.54) is 16.9 Å². The molecule has 0 saturated carbocycles. The van der Waals surface area contributed by atoms with Gasteiger partial charge in [-0.05, 0) is 43.3 Å². The summed E-state index contributed by atoms with van der Waals surface area (Å²) in [4.78, 5) is 1.42. The molecule has 90 valence electrons. The Morgan fingerprint density at radius 1 is 1.12 bits per heavy atom. The van der Waals surface area contributed by atoms with Crippen LogP contribution in [0.1, 0.15) is 29.8 Å². The van der Waals surface area contributed by atoms with Gasteiger partial charge in [0.2, 0.25) is 0 Å². The van der Waals surface area contributed by atoms with Gasteiger partial charge in [0.15, 0.2) is 0 Å². The molecule has 0 aliphatic heterocycles. The minimum absolute atomic E-state index is 0.478. The molecule has 0 amide bonds. The van der Waals surface area contributed by atoms with Gasteiger partial charge in [0.05, 0.1) is 0 Å². The second kappa shape index (κ2) is 6.58. The number of benzene rings is 1. The maximum absolute atomic E-state index is 3.57. The Morgan fingerprint density at radius 3 is 2.65 bits per heavy atom. The molecule has 1 nitrogen and oxygen atoms in total. The van der Waals surface area contributed by atoms with Crippen LogP contribution in [0.2, 0.25) is 0 Å². The molecule has 1 aromatic heterocycles. The third-order valence-electron chi connectivity index (χ3n) is 2.91. The molecule has 0 bridgehead atoms. The summed E-state index contributed by atoms with van der Waals surface area (Å²) in [5, 5.41) is 5.70. The van der Waals surface area contributed by atoms with E-state index in [1.807, 2.05) is 11.3 Å². The van der Waals surface area contributed by atoms with E-state index >= 15 is 0 Å². The molecule has 1 atom stereocenters. The minimum Gasteiger partial charge on any atom is -0.309 e. The molecule has 0 fully saturated rings. The predicted molar refractivity (Wildman–Crippen MR) is 75.5 cm³/mol. The van der Waals surface area contributed by atoms with Crippen molar-refractivity contribution in [1.29, 1.82) is 0 Å². The predicted octanol–water partition coefficient (Wildman–Crippen LogP) is 4.03. The lowest BCUT2D eigenvalue weighted by Gasteiger charge is -2.11. The van der Waals surface area contributed by atoms with Gasteiger partial charge in [-0.25, -0.2) is 0 Å². The fraction of sp³-hybridized carbons (Fsp3) is 0.333. The highest BCUT2D eigenvalue weighted by Gasteiger charge is 2.04. The summed E-state index contributed by atoms with van der Waals surface area (Å²) in [6, 6.07) is 15.5. The van der Waals surface area contributed by atoms with Gasteiger partial charge in [0.1, 0.15) is 0 Å². The van der Waals surface area contributed by atoms with Crippen LogP contribution in [0, 0.1) is 0 Å². The zero-order chi connectivity index (χ0) is 11.9. The number of hydrogen-bond donors (Lipinski definition) is 1. The van der Waals surface area contributed by atoms with Gasteiger partial charge < -0.3 is 5.32 Å². The SMILES string of the molecule is CC(NCCCc1ccccc1)c1cccs1. The van der Waals surface area contributed by atoms with Crippen molar-refractivity contribution in [2.75, 3.05) is 6.54 Å². The Labute approximate surface area is 108 Å². The van der Waals surface area contributed by atoms with E-state index in [0.717, 1.165) is 13.0 Å². The summed E-state index contributed by atoms with van der Waals surface area (Å²) in [5.41, 5.74) is 1.43. The number of nitrogens with one attached hydrogen (secondary N) is 1. The van der Waals surface area contributed by atoms with Crippen LogP contribution in [-0.4, -0.2) is 6.54 Å². The summed E-state index contributed by atoms with van der Waals surface area (Å²) in [7, 11) is 0. The molecular weight excluding hydrogens is 226 g/mol. The number of thiophene rings is 1. The van der Waals surface area contributed by atoms with Gasteiger partial charge in [-0.3, -0.25) is 0 Å². The molecule has 1 N–H and O–H groups in total. The molecular formula is C15H19NS. The highest BCUT2D eigenvalue weighted by molar-refractivity contribution is 7.10. The second-order valence-corrected chi connectivity index (χ2v) is 5.26. The zero-order valence-electron chi connectivity index (χ0n) is 10.2. The third kappa shape index (κ3) is 3.99. The van der Waals surface area contributed by atoms with Crippen LogP contribution in [0.4, 0.5) is 0 Å². The molecule has 0 aliphatic rings. The number of hydrogen-bond acceptors (Lipinski definition) is 2. The molecule has 2 rings (SSSR count). The number of aryl methyl sites for hydroxylation is 1. The van der Waals surface area contributed by atoms with E-state index < -0.39 is 0 Å². The first kappa shape index (κ1) is 12.3. The van der Waals surface area contributed by atoms with E-state index in [-0.39, 0.29) is 0 Å². The van der Waals surface area contributed by atoms with Crippen molar-refractivity contribution >= 4 is 11.3 Å². The van der Waals surface area contributed by atoms with Crippen molar-refractivity contribution in [3.8, 4) is 0 Å². The summed E-state index contributed by atoms with van der Waals surface area (Å²) < 4.78 is 0. The average Bonchev–Trinajstić information content (AvgIpc) is 2.89. The monoisotopic (exact) mass is 245 g/mol. The van der Waals surface area contributed by atoms with Gasteiger partial charge in [0.25, 0.3) is 0 Å². The first-order valence-corrected chi connectivity index (χ1v) is 7.05. The second-order valence-electron chi connectivity index (χ2n) is 4.28. The fourth-order valence-corrected chi connectivity index (χ4v) is 2.65. The lowest BCUT2D eigenvalue weighted by atomic mass is 10.1. The van der Waals surface area contributed by atoms with Crippen LogP contribution >= 0.6 is 11.3 Å². The molecule has 1 aromatic carbocycles. The molecule has 2 heteroatoms. The average molecular weight is 245 g/mol. The summed E-state index contributed by atoms with van der Waals surface area (Å²) in [6.07, 6.45) is 2.35. The van der Waals surface area contributed by atoms with Crippen LogP contribution < -0.4 is 5.32 Å². The summed E-state index contributed by atoms with van der Waals surface area (Å²) >= 11 is 1.82. The Hall–Kier alpha value is -1.12. The van der Waals surface area contributed by atoms with E-state index in [4.69, 9.17) is 0 Å². The van der Waals surface area contributed by atoms with Gasteiger partial charge in [-0.1, -0.05) is 36.4 Å². The van der Waals surface area contributed by atoms with Crippen LogP contribution in [0.25, 0.3) is 0 Å². The van der Waals surface area contributed by atoms with Crippen LogP contribution in [0.15, 0.2) is 47.8 Å². The Balaban J connectivity index is 1.67. The van der Waals surface area contributed by atoms with Crippen LogP contribution in [-0.2, 0) is 6.42 Å². The van der Waals surface area contributed by atoms with Gasteiger partial charge in [-0.2, -0.15) is 0 Å². The quantitative estimate of drug-likeness (QED) is 0.758. The highest BCUT2D eigenvalue weighted by Crippen LogP contribution is 2.17. The van der Waals surface area contributed by atoms with E-state index in [2.05, 4.69) is 60.1 Å². The van der Waals surface area contributed by atoms with Crippen molar-refractivity contribution in [2.24, 2.45) is 0 Å². The molecule has 0 radical (unpaired) electrons. The highest BCUT2D eigenvalue weighted by atomic mass is 32.1. The van der Waals surface area contributed by atoms with Crippen molar-refractivity contribution < 1.29 is 0 Å². The van der Waals surface area contributed by atoms with Crippen molar-refractivity contribution in [3.63, 3.8) is 0 Å². The molecule has 1 heterocycles. The lowest BCUT2D eigenvalue weighted by Crippen LogP contribution is -2.19. The van der Waals surface area contributed by atoms with Crippen molar-refractivity contribution in [2.45, 2.75) is 25.8 Å². The zero-order valence-corrected chi connectivity index (χ0v) is 11.0. The molecule has 0 saturated heterocycles. The smallest absolute Gasteiger partial charge is 0.0386 e. The third-order valence-corrected chi connectivity index (χ3v) is 3.96. The lowest BCUT2D eigenvalue weighted by molar-refractivity contribution is 0.565. The van der Waals surface area contributed by atoms with Crippen LogP contribution in [0.5, 0.6) is 0 Å². The Morgan fingerprint density at radius 2 is 1.94 bits per heavy atom. The summed E-state index contributed by atoms with van der Waals surface area (Å²) in [5.74, 6) is 0. The van der Waals surface area contributed by atoms with Crippen molar-refractivity contribution in [3.05, 3.63) is 58.3 Å². The normalized spacial score (nSPS) is 12.5. The van der Waals surface area contributed by atoms with Gasteiger partial charge in [-0.15, -0.1) is 11.3 Å². The molecule has 17 heavy (non-hydrogen) atoms. The van der Waals surface area contributed by atoms with E-state index in [0.29, 0.717) is 6.04 Å². The summed E-state index contributed by atoms with van der Waals surface area (Å²) in [6.45, 7) is 3.31. The first-order valence-electron chi connectivity index (χ1n) is 6.17. The maximum Gasteiger partial charge on any atom is 0.0386 e. The van der Waals surface area contributed by atoms with Gasteiger partial charge in [0, 0.05) is 10.9 Å². The molecule has 1 unspecified atom stereocenters. The molecule has 2 aromatic rings. The topological polar surface area (TPSA) is 12.0 Å². The molecule has 0 aliphatic carbocycles. The van der Waals surface area contributed by atoms with Crippen molar-refractivity contribution in [1.82, 2.24) is 5.32 Å². The maximum atomic E-state index is 3.57. The fourth-order valence-electron chi connectivity index (χ4n) is 1.89. The Kier molecular flexibility index (Phi) is 4.77. The van der Waals surface area contributed by atoms with E-state index in [9.17, 15) is 0 Å². The van der Waals surface area contributed by atoms with E-state index in [1.54, 1.807) is 0 Å². The first-order chi connectivity index (χ1) is 8.36. The van der Waals surface area contributed by atoms with Crippen LogP contribution in [0.3, 0.4) is 0 Å².